The molecule has 2 amide bonds. The van der Waals surface area contributed by atoms with E-state index in [0.717, 1.165) is 22.1 Å². The molecule has 0 fully saturated rings. The molecule has 0 saturated carbocycles. The number of para-hydroxylation sites is 1. The standard InChI is InChI=1S/C20H21F3N2O2/c1-14-7-3-4-8-16(14)13-19(27)24-11-12-25(15(2)26)18-10-6-5-9-17(18)20(21,22)23/h3-10H,11-13H2,1-2H3,(H,24,27). The first kappa shape index (κ1) is 20.5. The number of halogens is 3. The van der Waals surface area contributed by atoms with Crippen LogP contribution in [0.15, 0.2) is 48.5 Å². The first-order chi connectivity index (χ1) is 12.7. The summed E-state index contributed by atoms with van der Waals surface area (Å²) in [5.74, 6) is -0.781. The predicted octanol–water partition coefficient (Wildman–Crippen LogP) is 3.73. The lowest BCUT2D eigenvalue weighted by Gasteiger charge is -2.25. The predicted molar refractivity (Wildman–Crippen MR) is 97.4 cm³/mol. The van der Waals surface area contributed by atoms with Gasteiger partial charge in [-0.25, -0.2) is 0 Å². The Balaban J connectivity index is 2.03. The Hall–Kier alpha value is -2.83. The number of aryl methyl sites for hydroxylation is 1. The van der Waals surface area contributed by atoms with Crippen LogP contribution in [-0.2, 0) is 22.2 Å². The molecular formula is C20H21F3N2O2. The Morgan fingerprint density at radius 3 is 2.30 bits per heavy atom. The first-order valence-corrected chi connectivity index (χ1v) is 8.45. The number of anilines is 1. The summed E-state index contributed by atoms with van der Waals surface area (Å²) in [5, 5.41) is 2.66. The number of nitrogens with one attached hydrogen (secondary N) is 1. The van der Waals surface area contributed by atoms with Crippen LogP contribution in [-0.4, -0.2) is 24.9 Å². The second kappa shape index (κ2) is 8.70. The van der Waals surface area contributed by atoms with Crippen LogP contribution in [0, 0.1) is 6.92 Å². The molecule has 1 N–H and O–H groups in total. The van der Waals surface area contributed by atoms with Crippen molar-refractivity contribution in [1.29, 1.82) is 0 Å². The van der Waals surface area contributed by atoms with E-state index < -0.39 is 17.6 Å². The van der Waals surface area contributed by atoms with Gasteiger partial charge >= 0.3 is 6.18 Å². The summed E-state index contributed by atoms with van der Waals surface area (Å²) in [7, 11) is 0. The highest BCUT2D eigenvalue weighted by Gasteiger charge is 2.35. The SMILES string of the molecule is CC(=O)N(CCNC(=O)Cc1ccccc1C)c1ccccc1C(F)(F)F. The molecule has 2 aromatic rings. The van der Waals surface area contributed by atoms with Crippen molar-refractivity contribution in [3.63, 3.8) is 0 Å². The van der Waals surface area contributed by atoms with Crippen LogP contribution in [0.4, 0.5) is 18.9 Å². The number of amides is 2. The molecule has 27 heavy (non-hydrogen) atoms. The van der Waals surface area contributed by atoms with Crippen LogP contribution in [0.25, 0.3) is 0 Å². The molecule has 2 aromatic carbocycles. The topological polar surface area (TPSA) is 49.4 Å². The zero-order chi connectivity index (χ0) is 20.0. The van der Waals surface area contributed by atoms with Gasteiger partial charge in [-0.05, 0) is 30.2 Å². The van der Waals surface area contributed by atoms with Gasteiger partial charge in [0, 0.05) is 20.0 Å². The zero-order valence-corrected chi connectivity index (χ0v) is 15.1. The molecule has 7 heteroatoms. The molecule has 144 valence electrons. The van der Waals surface area contributed by atoms with Gasteiger partial charge in [0.15, 0.2) is 0 Å². The van der Waals surface area contributed by atoms with E-state index in [2.05, 4.69) is 5.32 Å². The van der Waals surface area contributed by atoms with Gasteiger partial charge in [0.2, 0.25) is 11.8 Å². The largest absolute Gasteiger partial charge is 0.418 e. The van der Waals surface area contributed by atoms with Crippen molar-refractivity contribution in [3.05, 3.63) is 65.2 Å². The number of rotatable bonds is 6. The Bertz CT molecular complexity index is 819. The van der Waals surface area contributed by atoms with Gasteiger partial charge in [-0.15, -0.1) is 0 Å². The maximum Gasteiger partial charge on any atom is 0.418 e. The van der Waals surface area contributed by atoms with E-state index in [1.165, 1.54) is 25.1 Å². The van der Waals surface area contributed by atoms with Crippen LogP contribution in [0.3, 0.4) is 0 Å². The molecule has 0 aromatic heterocycles. The maximum atomic E-state index is 13.2. The summed E-state index contributed by atoms with van der Waals surface area (Å²) in [6.07, 6.45) is -4.40. The molecule has 0 spiro atoms. The summed E-state index contributed by atoms with van der Waals surface area (Å²) < 4.78 is 39.6. The highest BCUT2D eigenvalue weighted by Crippen LogP contribution is 2.36. The van der Waals surface area contributed by atoms with E-state index in [-0.39, 0.29) is 31.1 Å². The number of carbonyl (C=O) groups is 2. The second-order valence-corrected chi connectivity index (χ2v) is 6.14. The van der Waals surface area contributed by atoms with Gasteiger partial charge < -0.3 is 10.2 Å². The van der Waals surface area contributed by atoms with E-state index in [1.807, 2.05) is 31.2 Å². The Kier molecular flexibility index (Phi) is 6.60. The fourth-order valence-corrected chi connectivity index (χ4v) is 2.75. The lowest BCUT2D eigenvalue weighted by Crippen LogP contribution is -2.39. The van der Waals surface area contributed by atoms with Crippen LogP contribution in [0.5, 0.6) is 0 Å². The van der Waals surface area contributed by atoms with Crippen molar-refractivity contribution < 1.29 is 22.8 Å². The third-order valence-electron chi connectivity index (χ3n) is 4.15. The molecular weight excluding hydrogens is 357 g/mol. The van der Waals surface area contributed by atoms with E-state index >= 15 is 0 Å². The van der Waals surface area contributed by atoms with Crippen LogP contribution in [0.2, 0.25) is 0 Å². The monoisotopic (exact) mass is 378 g/mol. The average molecular weight is 378 g/mol. The molecule has 0 aliphatic carbocycles. The molecule has 0 bridgehead atoms. The van der Waals surface area contributed by atoms with E-state index in [4.69, 9.17) is 0 Å². The lowest BCUT2D eigenvalue weighted by atomic mass is 10.1. The minimum absolute atomic E-state index is 0.0521. The van der Waals surface area contributed by atoms with E-state index in [9.17, 15) is 22.8 Å². The van der Waals surface area contributed by atoms with Crippen molar-refractivity contribution in [2.24, 2.45) is 0 Å². The number of hydrogen-bond donors (Lipinski definition) is 1. The molecule has 0 unspecified atom stereocenters. The van der Waals surface area contributed by atoms with Crippen LogP contribution < -0.4 is 10.2 Å². The van der Waals surface area contributed by atoms with Gasteiger partial charge in [-0.2, -0.15) is 13.2 Å². The summed E-state index contributed by atoms with van der Waals surface area (Å²) in [6, 6.07) is 12.3. The molecule has 0 atom stereocenters. The molecule has 0 aliphatic rings. The van der Waals surface area contributed by atoms with Crippen molar-refractivity contribution in [2.75, 3.05) is 18.0 Å². The van der Waals surface area contributed by atoms with Gasteiger partial charge in [0.1, 0.15) is 0 Å². The fraction of sp³-hybridized carbons (Fsp3) is 0.300. The second-order valence-electron chi connectivity index (χ2n) is 6.14. The average Bonchev–Trinajstić information content (AvgIpc) is 2.60. The van der Waals surface area contributed by atoms with Gasteiger partial charge in [0.25, 0.3) is 0 Å². The zero-order valence-electron chi connectivity index (χ0n) is 15.1. The first-order valence-electron chi connectivity index (χ1n) is 8.45. The summed E-state index contributed by atoms with van der Waals surface area (Å²) in [5.41, 5.74) is 0.759. The number of alkyl halides is 3. The van der Waals surface area contributed by atoms with Crippen LogP contribution in [0.1, 0.15) is 23.6 Å². The van der Waals surface area contributed by atoms with Gasteiger partial charge in [-0.3, -0.25) is 9.59 Å². The smallest absolute Gasteiger partial charge is 0.354 e. The van der Waals surface area contributed by atoms with Crippen molar-refractivity contribution in [3.8, 4) is 0 Å². The quantitative estimate of drug-likeness (QED) is 0.833. The fourth-order valence-electron chi connectivity index (χ4n) is 2.75. The molecule has 0 aliphatic heterocycles. The molecule has 0 saturated heterocycles. The maximum absolute atomic E-state index is 13.2. The third-order valence-corrected chi connectivity index (χ3v) is 4.15. The van der Waals surface area contributed by atoms with Crippen molar-refractivity contribution in [2.45, 2.75) is 26.4 Å². The summed E-state index contributed by atoms with van der Waals surface area (Å²) in [4.78, 5) is 25.0. The normalized spacial score (nSPS) is 11.1. The van der Waals surface area contributed by atoms with E-state index in [0.29, 0.717) is 0 Å². The number of hydrogen-bond acceptors (Lipinski definition) is 2. The van der Waals surface area contributed by atoms with Crippen molar-refractivity contribution in [1.82, 2.24) is 5.32 Å². The van der Waals surface area contributed by atoms with Gasteiger partial charge in [0.05, 0.1) is 17.7 Å². The van der Waals surface area contributed by atoms with Crippen LogP contribution >= 0.6 is 0 Å². The Morgan fingerprint density at radius 1 is 1.04 bits per heavy atom. The third kappa shape index (κ3) is 5.57. The summed E-state index contributed by atoms with van der Waals surface area (Å²) in [6.45, 7) is 3.09. The Labute approximate surface area is 156 Å². The number of carbonyl (C=O) groups excluding carboxylic acids is 2. The Morgan fingerprint density at radius 2 is 1.67 bits per heavy atom. The molecule has 4 nitrogen and oxygen atoms in total. The van der Waals surface area contributed by atoms with E-state index in [1.54, 1.807) is 0 Å². The minimum Gasteiger partial charge on any atom is -0.354 e. The lowest BCUT2D eigenvalue weighted by molar-refractivity contribution is -0.137. The summed E-state index contributed by atoms with van der Waals surface area (Å²) >= 11 is 0. The van der Waals surface area contributed by atoms with Crippen molar-refractivity contribution >= 4 is 17.5 Å². The number of benzene rings is 2. The highest BCUT2D eigenvalue weighted by molar-refractivity contribution is 5.92. The molecule has 2 rings (SSSR count). The number of nitrogens with zero attached hydrogens (tertiary/aromatic N) is 1. The molecule has 0 radical (unpaired) electrons. The highest BCUT2D eigenvalue weighted by atomic mass is 19.4. The minimum atomic E-state index is -4.57. The molecule has 0 heterocycles. The van der Waals surface area contributed by atoms with Gasteiger partial charge in [-0.1, -0.05) is 36.4 Å².